The summed E-state index contributed by atoms with van der Waals surface area (Å²) in [5.41, 5.74) is 2.26. The quantitative estimate of drug-likeness (QED) is 0.707. The topological polar surface area (TPSA) is 30.7 Å². The summed E-state index contributed by atoms with van der Waals surface area (Å²) in [6.45, 7) is 2.96. The number of aromatic nitrogens is 3. The minimum absolute atomic E-state index is 0.821. The molecule has 0 saturated carbocycles. The van der Waals surface area contributed by atoms with Gasteiger partial charge >= 0.3 is 0 Å². The van der Waals surface area contributed by atoms with E-state index in [0.29, 0.717) is 0 Å². The summed E-state index contributed by atoms with van der Waals surface area (Å²) in [6, 6.07) is 8.27. The Balaban J connectivity index is 2.12. The fourth-order valence-electron chi connectivity index (χ4n) is 2.04. The molecule has 2 heterocycles. The summed E-state index contributed by atoms with van der Waals surface area (Å²) in [7, 11) is 0. The molecule has 3 rings (SSSR count). The Morgan fingerprint density at radius 3 is 2.94 bits per heavy atom. The molecule has 3 nitrogen and oxygen atoms in total. The van der Waals surface area contributed by atoms with Crippen LogP contribution in [0, 0.1) is 0 Å². The molecule has 0 saturated heterocycles. The van der Waals surface area contributed by atoms with E-state index in [0.717, 1.165) is 29.3 Å². The van der Waals surface area contributed by atoms with Crippen LogP contribution in [0.4, 0.5) is 0 Å². The van der Waals surface area contributed by atoms with Crippen LogP contribution >= 0.6 is 11.3 Å². The molecular weight excluding hydrogens is 230 g/mol. The van der Waals surface area contributed by atoms with Gasteiger partial charge < -0.3 is 4.57 Å². The Kier molecular flexibility index (Phi) is 2.65. The number of benzene rings is 1. The van der Waals surface area contributed by atoms with Gasteiger partial charge in [-0.05, 0) is 12.1 Å². The summed E-state index contributed by atoms with van der Waals surface area (Å²) in [5.74, 6) is 1.13. The van der Waals surface area contributed by atoms with Crippen molar-refractivity contribution in [2.75, 3.05) is 0 Å². The molecule has 0 aliphatic rings. The number of aryl methyl sites for hydroxylation is 1. The number of hydrogen-bond donors (Lipinski definition) is 0. The molecule has 2 aromatic heterocycles. The van der Waals surface area contributed by atoms with Gasteiger partial charge in [0.2, 0.25) is 0 Å². The van der Waals surface area contributed by atoms with Crippen molar-refractivity contribution in [3.8, 4) is 0 Å². The summed E-state index contributed by atoms with van der Waals surface area (Å²) in [5, 5.41) is 3.14. The fraction of sp³-hybridized carbons (Fsp3) is 0.231. The molecule has 0 amide bonds. The largest absolute Gasteiger partial charge is 0.321 e. The van der Waals surface area contributed by atoms with Crippen LogP contribution < -0.4 is 0 Å². The molecular formula is C13H13N3S. The van der Waals surface area contributed by atoms with Gasteiger partial charge in [-0.3, -0.25) is 0 Å². The third-order valence-electron chi connectivity index (χ3n) is 2.83. The molecule has 4 heteroatoms. The number of fused-ring (bicyclic) bond motifs is 1. The van der Waals surface area contributed by atoms with Crippen LogP contribution in [0.15, 0.2) is 35.8 Å². The molecule has 1 aromatic carbocycles. The molecule has 0 bridgehead atoms. The number of nitrogens with zero attached hydrogens (tertiary/aromatic N) is 3. The highest BCUT2D eigenvalue weighted by Gasteiger charge is 2.09. The average Bonchev–Trinajstić information content (AvgIpc) is 2.98. The zero-order chi connectivity index (χ0) is 11.7. The van der Waals surface area contributed by atoms with Gasteiger partial charge in [-0.1, -0.05) is 19.1 Å². The van der Waals surface area contributed by atoms with E-state index in [2.05, 4.69) is 39.7 Å². The third kappa shape index (κ3) is 1.85. The number of hydrogen-bond acceptors (Lipinski definition) is 3. The maximum Gasteiger partial charge on any atom is 0.112 e. The smallest absolute Gasteiger partial charge is 0.112 e. The summed E-state index contributed by atoms with van der Waals surface area (Å²) >= 11 is 1.69. The Morgan fingerprint density at radius 2 is 2.18 bits per heavy atom. The van der Waals surface area contributed by atoms with Gasteiger partial charge in [0, 0.05) is 18.0 Å². The highest BCUT2D eigenvalue weighted by Crippen LogP contribution is 2.18. The zero-order valence-electron chi connectivity index (χ0n) is 9.63. The Morgan fingerprint density at radius 1 is 1.29 bits per heavy atom. The van der Waals surface area contributed by atoms with Crippen molar-refractivity contribution in [1.82, 2.24) is 14.5 Å². The van der Waals surface area contributed by atoms with Crippen molar-refractivity contribution in [2.45, 2.75) is 19.9 Å². The lowest BCUT2D eigenvalue weighted by molar-refractivity contribution is 0.748. The van der Waals surface area contributed by atoms with Gasteiger partial charge in [0.1, 0.15) is 10.8 Å². The first-order valence-corrected chi connectivity index (χ1v) is 6.59. The highest BCUT2D eigenvalue weighted by atomic mass is 32.1. The number of rotatable bonds is 3. The lowest BCUT2D eigenvalue weighted by atomic mass is 10.3. The first kappa shape index (κ1) is 10.5. The molecule has 86 valence electrons. The van der Waals surface area contributed by atoms with Crippen LogP contribution in [0.5, 0.6) is 0 Å². The van der Waals surface area contributed by atoms with Gasteiger partial charge in [-0.2, -0.15) is 0 Å². The van der Waals surface area contributed by atoms with Crippen molar-refractivity contribution in [3.63, 3.8) is 0 Å². The van der Waals surface area contributed by atoms with E-state index in [4.69, 9.17) is 0 Å². The van der Waals surface area contributed by atoms with Crippen LogP contribution in [0.3, 0.4) is 0 Å². The second-order valence-corrected chi connectivity index (χ2v) is 4.86. The first-order chi connectivity index (χ1) is 8.38. The van der Waals surface area contributed by atoms with E-state index in [-0.39, 0.29) is 0 Å². The van der Waals surface area contributed by atoms with Gasteiger partial charge in [-0.15, -0.1) is 11.3 Å². The number of imidazole rings is 1. The molecule has 3 aromatic rings. The van der Waals surface area contributed by atoms with Crippen molar-refractivity contribution in [2.24, 2.45) is 0 Å². The van der Waals surface area contributed by atoms with Gasteiger partial charge in [0.05, 0.1) is 17.6 Å². The minimum atomic E-state index is 0.821. The van der Waals surface area contributed by atoms with Crippen LogP contribution in [-0.4, -0.2) is 14.5 Å². The third-order valence-corrected chi connectivity index (χ3v) is 3.59. The van der Waals surface area contributed by atoms with E-state index >= 15 is 0 Å². The van der Waals surface area contributed by atoms with E-state index < -0.39 is 0 Å². The maximum atomic E-state index is 4.65. The molecule has 0 radical (unpaired) electrons. The van der Waals surface area contributed by atoms with E-state index in [1.807, 2.05) is 17.6 Å². The van der Waals surface area contributed by atoms with Crippen LogP contribution in [0.2, 0.25) is 0 Å². The highest BCUT2D eigenvalue weighted by molar-refractivity contribution is 7.09. The normalized spacial score (nSPS) is 11.1. The monoisotopic (exact) mass is 243 g/mol. The van der Waals surface area contributed by atoms with Gasteiger partial charge in [-0.25, -0.2) is 9.97 Å². The molecule has 0 unspecified atom stereocenters. The summed E-state index contributed by atoms with van der Waals surface area (Å²) < 4.78 is 2.26. The minimum Gasteiger partial charge on any atom is -0.321 e. The molecule has 0 N–H and O–H groups in total. The number of para-hydroxylation sites is 2. The van der Waals surface area contributed by atoms with Crippen molar-refractivity contribution in [3.05, 3.63) is 46.7 Å². The van der Waals surface area contributed by atoms with Gasteiger partial charge in [0.25, 0.3) is 0 Å². The van der Waals surface area contributed by atoms with Gasteiger partial charge in [0.15, 0.2) is 0 Å². The molecule has 0 aliphatic heterocycles. The second kappa shape index (κ2) is 4.30. The number of thiazole rings is 1. The Bertz CT molecular complexity index is 625. The Labute approximate surface area is 104 Å². The second-order valence-electron chi connectivity index (χ2n) is 3.88. The van der Waals surface area contributed by atoms with Crippen LogP contribution in [-0.2, 0) is 13.0 Å². The van der Waals surface area contributed by atoms with E-state index in [1.54, 1.807) is 11.3 Å². The molecule has 0 aliphatic carbocycles. The molecule has 0 fully saturated rings. The average molecular weight is 243 g/mol. The van der Waals surface area contributed by atoms with Crippen LogP contribution in [0.1, 0.15) is 17.8 Å². The van der Waals surface area contributed by atoms with Crippen LogP contribution in [0.25, 0.3) is 11.0 Å². The molecule has 0 spiro atoms. The maximum absolute atomic E-state index is 4.65. The lowest BCUT2D eigenvalue weighted by Crippen LogP contribution is -2.03. The van der Waals surface area contributed by atoms with E-state index in [1.165, 1.54) is 5.52 Å². The SMILES string of the molecule is CCc1nc2ccccc2n1Cc1nccs1. The lowest BCUT2D eigenvalue weighted by Gasteiger charge is -2.05. The molecule has 0 atom stereocenters. The fourth-order valence-corrected chi connectivity index (χ4v) is 2.64. The predicted octanol–water partition coefficient (Wildman–Crippen LogP) is 3.10. The first-order valence-electron chi connectivity index (χ1n) is 5.71. The zero-order valence-corrected chi connectivity index (χ0v) is 10.4. The van der Waals surface area contributed by atoms with E-state index in [9.17, 15) is 0 Å². The standard InChI is InChI=1S/C13H13N3S/c1-2-12-15-10-5-3-4-6-11(10)16(12)9-13-14-7-8-17-13/h3-8H,2,9H2,1H3. The molecule has 17 heavy (non-hydrogen) atoms. The summed E-state index contributed by atoms with van der Waals surface area (Å²) in [4.78, 5) is 8.99. The Hall–Kier alpha value is -1.68. The van der Waals surface area contributed by atoms with Crippen molar-refractivity contribution >= 4 is 22.4 Å². The van der Waals surface area contributed by atoms with Crippen molar-refractivity contribution < 1.29 is 0 Å². The predicted molar refractivity (Wildman–Crippen MR) is 70.3 cm³/mol. The summed E-state index contributed by atoms with van der Waals surface area (Å²) in [6.07, 6.45) is 2.80. The van der Waals surface area contributed by atoms with Crippen molar-refractivity contribution in [1.29, 1.82) is 0 Å².